The summed E-state index contributed by atoms with van der Waals surface area (Å²) in [6, 6.07) is 34.0. The molecule has 0 amide bonds. The lowest BCUT2D eigenvalue weighted by Gasteiger charge is -2.36. The lowest BCUT2D eigenvalue weighted by Crippen LogP contribution is -2.32. The second kappa shape index (κ2) is 20.5. The first-order valence-corrected chi connectivity index (χ1v) is 30.5. The van der Waals surface area contributed by atoms with E-state index in [-0.39, 0.29) is 42.9 Å². The van der Waals surface area contributed by atoms with Gasteiger partial charge in [-0.05, 0) is 154 Å². The van der Waals surface area contributed by atoms with Gasteiger partial charge in [0.05, 0.1) is 29.6 Å². The molecule has 4 heterocycles. The summed E-state index contributed by atoms with van der Waals surface area (Å²) in [5, 5.41) is 29.4. The second-order valence-corrected chi connectivity index (χ2v) is 26.4. The largest absolute Gasteiger partial charge is 0.347 e. The summed E-state index contributed by atoms with van der Waals surface area (Å²) in [6.45, 7) is 10.8. The van der Waals surface area contributed by atoms with Crippen LogP contribution in [0.1, 0.15) is 127 Å². The van der Waals surface area contributed by atoms with Gasteiger partial charge in [-0.1, -0.05) is 111 Å². The molecule has 408 valence electrons. The number of allylic oxidation sites excluding steroid dienone is 8. The van der Waals surface area contributed by atoms with Crippen LogP contribution in [-0.2, 0) is 21.7 Å². The number of likely N-dealkylation sites (N-methyl/N-ethyl adjacent to an activating group) is 2. The second-order valence-electron chi connectivity index (χ2n) is 24.1. The molecule has 2 fully saturated rings. The zero-order valence-electron chi connectivity index (χ0n) is 46.6. The molecule has 6 aromatic carbocycles. The van der Waals surface area contributed by atoms with Crippen molar-refractivity contribution in [2.24, 2.45) is 0 Å². The summed E-state index contributed by atoms with van der Waals surface area (Å²) in [5.41, 5.74) is 13.1. The van der Waals surface area contributed by atoms with Gasteiger partial charge in [-0.15, -0.1) is 0 Å². The third-order valence-corrected chi connectivity index (χ3v) is 20.8. The van der Waals surface area contributed by atoms with Crippen molar-refractivity contribution in [1.29, 1.82) is 0 Å². The number of fused-ring (bicyclic) bond motifs is 10. The van der Waals surface area contributed by atoms with Crippen LogP contribution in [0.3, 0.4) is 0 Å². The van der Waals surface area contributed by atoms with E-state index in [0.29, 0.717) is 8.95 Å². The highest BCUT2D eigenvalue weighted by Crippen LogP contribution is 2.58. The first-order valence-electron chi connectivity index (χ1n) is 28.5. The summed E-state index contributed by atoms with van der Waals surface area (Å²) in [6.07, 6.45) is 25.6. The number of nitro groups is 2. The fourth-order valence-corrected chi connectivity index (χ4v) is 16.5. The minimum atomic E-state index is -0.327. The van der Waals surface area contributed by atoms with E-state index in [1.807, 2.05) is 24.3 Å². The molecule has 2 aliphatic carbocycles. The minimum Gasteiger partial charge on any atom is -0.347 e. The molecule has 0 N–H and O–H groups in total. The van der Waals surface area contributed by atoms with Crippen molar-refractivity contribution < 1.29 is 19.0 Å². The van der Waals surface area contributed by atoms with Crippen LogP contribution in [0.5, 0.6) is 0 Å². The first kappa shape index (κ1) is 54.2. The Bertz CT molecular complexity index is 3610. The maximum absolute atomic E-state index is 12.2. The molecule has 0 bridgehead atoms. The lowest BCUT2D eigenvalue weighted by molar-refractivity contribution is -0.437. The van der Waals surface area contributed by atoms with Crippen LogP contribution in [0.4, 0.5) is 34.1 Å². The topological polar surface area (TPSA) is 98.8 Å². The van der Waals surface area contributed by atoms with Crippen molar-refractivity contribution in [2.45, 2.75) is 126 Å². The number of benzene rings is 6. The Morgan fingerprint density at radius 3 is 1.36 bits per heavy atom. The highest BCUT2D eigenvalue weighted by molar-refractivity contribution is 9.11. The number of halogens is 2. The van der Waals surface area contributed by atoms with E-state index >= 15 is 0 Å². The number of hydrogen-bond acceptors (Lipinski definition) is 7. The zero-order valence-corrected chi connectivity index (χ0v) is 50.6. The van der Waals surface area contributed by atoms with Gasteiger partial charge in [0.25, 0.3) is 11.4 Å². The Morgan fingerprint density at radius 1 is 0.588 bits per heavy atom. The SMILES string of the molecule is CN1/C(=C/C=C/C2=[N+](CCC(=S)CC[N+]3=C(/C=C/C=C4/N(C)c5cc(Br)c([N+](=O)[O-])cc5C45CCCCC5)C(C)(C)c4c3ccc3ccccc43)c3ccc4ccccc4c3C2(C)C)C2(CCCCC2)c2cc([N+](=O)[O-])c(Br)cc21. The molecular weight excluding hydrogens is 1140 g/mol. The van der Waals surface area contributed by atoms with Crippen molar-refractivity contribution in [3.05, 3.63) is 196 Å². The molecule has 6 aromatic rings. The Morgan fingerprint density at radius 2 is 0.975 bits per heavy atom. The molecule has 0 unspecified atom stereocenters. The van der Waals surface area contributed by atoms with Gasteiger partial charge in [0.15, 0.2) is 24.5 Å². The number of rotatable bonds is 12. The Labute approximate surface area is 491 Å². The van der Waals surface area contributed by atoms with Crippen LogP contribution in [-0.4, -0.2) is 62.5 Å². The van der Waals surface area contributed by atoms with Gasteiger partial charge >= 0.3 is 0 Å². The average molecular weight is 1210 g/mol. The number of thiocarbonyl (C=S) groups is 1. The van der Waals surface area contributed by atoms with Gasteiger partial charge in [-0.2, -0.15) is 9.15 Å². The molecule has 0 atom stereocenters. The van der Waals surface area contributed by atoms with Gasteiger partial charge in [-0.25, -0.2) is 0 Å². The predicted octanol–water partition coefficient (Wildman–Crippen LogP) is 17.5. The summed E-state index contributed by atoms with van der Waals surface area (Å²) >= 11 is 13.5. The quantitative estimate of drug-likeness (QED) is 0.0521. The molecule has 0 aromatic heterocycles. The molecule has 10 nitrogen and oxygen atoms in total. The number of nitrogens with zero attached hydrogens (tertiary/aromatic N) is 6. The molecule has 2 spiro atoms. The van der Waals surface area contributed by atoms with E-state index in [1.54, 1.807) is 0 Å². The van der Waals surface area contributed by atoms with Crippen LogP contribution >= 0.6 is 44.1 Å². The maximum atomic E-state index is 12.2. The van der Waals surface area contributed by atoms with Gasteiger partial charge in [-0.3, -0.25) is 20.2 Å². The molecule has 13 heteroatoms. The smallest absolute Gasteiger partial charge is 0.283 e. The van der Waals surface area contributed by atoms with Crippen LogP contribution in [0.15, 0.2) is 154 Å². The molecule has 0 saturated heterocycles. The fourth-order valence-electron chi connectivity index (χ4n) is 15.4. The summed E-state index contributed by atoms with van der Waals surface area (Å²) in [7, 11) is 4.22. The Kier molecular flexibility index (Phi) is 13.9. The average Bonchev–Trinajstić information content (AvgIpc) is 4.02. The molecule has 0 radical (unpaired) electrons. The van der Waals surface area contributed by atoms with Crippen molar-refractivity contribution >= 4 is 116 Å². The number of nitro benzene ring substituents is 2. The molecule has 4 aliphatic heterocycles. The predicted molar refractivity (Wildman–Crippen MR) is 338 cm³/mol. The summed E-state index contributed by atoms with van der Waals surface area (Å²) < 4.78 is 6.03. The molecular formula is C67H68Br2N6O4S+2. The van der Waals surface area contributed by atoms with E-state index in [9.17, 15) is 20.2 Å². The standard InChI is InChI=1S/C67H68Br2N6O4S/c1-64(2)58(23-17-25-60-66(33-13-7-14-34-66)48-39-56(74(76)77)50(68)41-54(48)70(60)5)72(52-29-27-43-19-9-11-21-46(43)62(52)64)37-31-45(80)32-38-73-53-30-28-44-20-10-12-22-47(44)63(53)65(3,4)59(73)24-18-26-61-67(35-15-8-16-36-67)49-40-57(75(78)79)51(69)42-55(49)71(61)6/h9-12,17-30,39-42H,7-8,13-16,31-38H2,1-6H3/q+2. The van der Waals surface area contributed by atoms with E-state index in [0.717, 1.165) is 105 Å². The van der Waals surface area contributed by atoms with Crippen molar-refractivity contribution in [3.8, 4) is 0 Å². The van der Waals surface area contributed by atoms with E-state index in [2.05, 4.69) is 202 Å². The molecule has 6 aliphatic rings. The normalized spacial score (nSPS) is 20.4. The van der Waals surface area contributed by atoms with Gasteiger partial charge < -0.3 is 9.80 Å². The van der Waals surface area contributed by atoms with Crippen LogP contribution < -0.4 is 9.80 Å². The third-order valence-electron chi connectivity index (χ3n) is 19.1. The monoisotopic (exact) mass is 1210 g/mol. The number of hydrogen-bond donors (Lipinski definition) is 0. The first-order chi connectivity index (χ1) is 38.4. The third kappa shape index (κ3) is 8.61. The van der Waals surface area contributed by atoms with Crippen molar-refractivity contribution in [3.63, 3.8) is 0 Å². The molecule has 12 rings (SSSR count). The fraction of sp³-hybridized carbons (Fsp3) is 0.358. The summed E-state index contributed by atoms with van der Waals surface area (Å²) in [4.78, 5) is 29.5. The Balaban J connectivity index is 0.878. The van der Waals surface area contributed by atoms with Crippen molar-refractivity contribution in [1.82, 2.24) is 0 Å². The van der Waals surface area contributed by atoms with E-state index in [1.165, 1.54) is 79.7 Å². The molecule has 2 saturated carbocycles. The van der Waals surface area contributed by atoms with Gasteiger partial charge in [0, 0.05) is 113 Å². The van der Waals surface area contributed by atoms with Gasteiger partial charge in [0.2, 0.25) is 11.4 Å². The van der Waals surface area contributed by atoms with E-state index in [4.69, 9.17) is 12.2 Å². The summed E-state index contributed by atoms with van der Waals surface area (Å²) in [5.74, 6) is 0. The van der Waals surface area contributed by atoms with Crippen molar-refractivity contribution in [2.75, 3.05) is 37.0 Å². The lowest BCUT2D eigenvalue weighted by atomic mass is 9.68. The van der Waals surface area contributed by atoms with Crippen LogP contribution in [0, 0.1) is 20.2 Å². The number of anilines is 2. The molecule has 80 heavy (non-hydrogen) atoms. The minimum absolute atomic E-state index is 0.117. The highest BCUT2D eigenvalue weighted by atomic mass is 79.9. The van der Waals surface area contributed by atoms with E-state index < -0.39 is 0 Å². The van der Waals surface area contributed by atoms with Crippen LogP contribution in [0.2, 0.25) is 0 Å². The highest BCUT2D eigenvalue weighted by Gasteiger charge is 2.51. The maximum Gasteiger partial charge on any atom is 0.283 e. The Hall–Kier alpha value is -6.41. The zero-order chi connectivity index (χ0) is 56.0. The van der Waals surface area contributed by atoms with Crippen LogP contribution in [0.25, 0.3) is 21.5 Å². The van der Waals surface area contributed by atoms with Gasteiger partial charge in [0.1, 0.15) is 0 Å².